The summed E-state index contributed by atoms with van der Waals surface area (Å²) in [6.07, 6.45) is 1.51. The van der Waals surface area contributed by atoms with E-state index in [9.17, 15) is 9.59 Å². The van der Waals surface area contributed by atoms with Crippen LogP contribution in [-0.4, -0.2) is 23.0 Å². The molecule has 1 aromatic carbocycles. The lowest BCUT2D eigenvalue weighted by Crippen LogP contribution is -2.35. The van der Waals surface area contributed by atoms with Gasteiger partial charge in [0.1, 0.15) is 17.7 Å². The van der Waals surface area contributed by atoms with Crippen LogP contribution in [0.5, 0.6) is 0 Å². The van der Waals surface area contributed by atoms with E-state index in [2.05, 4.69) is 10.6 Å². The highest BCUT2D eigenvalue weighted by Gasteiger charge is 2.18. The average Bonchev–Trinajstić information content (AvgIpc) is 2.49. The molecule has 1 atom stereocenters. The van der Waals surface area contributed by atoms with Gasteiger partial charge in [0, 0.05) is 16.9 Å². The minimum atomic E-state index is -1.04. The number of nitrogens with zero attached hydrogens (tertiary/aromatic N) is 1. The maximum atomic E-state index is 12.1. The summed E-state index contributed by atoms with van der Waals surface area (Å²) in [6.45, 7) is 5.61. The molecule has 1 rings (SSSR count). The zero-order valence-corrected chi connectivity index (χ0v) is 14.5. The van der Waals surface area contributed by atoms with Crippen LogP contribution in [0.3, 0.4) is 0 Å². The van der Waals surface area contributed by atoms with Crippen molar-refractivity contribution in [3.05, 3.63) is 40.6 Å². The van der Waals surface area contributed by atoms with E-state index in [1.807, 2.05) is 20.8 Å². The van der Waals surface area contributed by atoms with Crippen LogP contribution in [0.2, 0.25) is 5.02 Å². The van der Waals surface area contributed by atoms with Crippen LogP contribution in [0.1, 0.15) is 25.8 Å². The van der Waals surface area contributed by atoms with Crippen LogP contribution in [-0.2, 0) is 9.59 Å². The molecular weight excluding hydrogens is 330 g/mol. The largest absolute Gasteiger partial charge is 0.480 e. The van der Waals surface area contributed by atoms with E-state index in [0.717, 1.165) is 11.8 Å². The summed E-state index contributed by atoms with van der Waals surface area (Å²) in [5.41, 5.74) is 1.10. The Kier molecular flexibility index (Phi) is 7.28. The third-order valence-corrected chi connectivity index (χ3v) is 3.64. The van der Waals surface area contributed by atoms with E-state index < -0.39 is 17.9 Å². The van der Waals surface area contributed by atoms with E-state index >= 15 is 0 Å². The number of amides is 1. The predicted octanol–water partition coefficient (Wildman–Crippen LogP) is 3.08. The van der Waals surface area contributed by atoms with Crippen molar-refractivity contribution >= 4 is 29.2 Å². The Bertz CT molecular complexity index is 693. The zero-order valence-electron chi connectivity index (χ0n) is 13.8. The van der Waals surface area contributed by atoms with Crippen molar-refractivity contribution in [2.24, 2.45) is 5.92 Å². The highest BCUT2D eigenvalue weighted by molar-refractivity contribution is 6.31. The molecule has 128 valence electrons. The summed E-state index contributed by atoms with van der Waals surface area (Å²) in [6, 6.07) is 5.88. The third kappa shape index (κ3) is 5.94. The molecule has 3 N–H and O–H groups in total. The number of aliphatic carboxylic acids is 1. The SMILES string of the molecule is Cc1ccc(NC(=O)/C(C#N)=C\NC(CC(C)C)C(=O)O)cc1Cl. The van der Waals surface area contributed by atoms with Gasteiger partial charge in [-0.1, -0.05) is 31.5 Å². The average molecular weight is 350 g/mol. The number of hydrogen-bond donors (Lipinski definition) is 3. The molecule has 24 heavy (non-hydrogen) atoms. The molecular formula is C17H20ClN3O3. The molecule has 0 bridgehead atoms. The Morgan fingerprint density at radius 2 is 2.08 bits per heavy atom. The van der Waals surface area contributed by atoms with Crippen molar-refractivity contribution in [3.8, 4) is 6.07 Å². The van der Waals surface area contributed by atoms with Gasteiger partial charge in [-0.3, -0.25) is 4.79 Å². The number of halogens is 1. The number of carbonyl (C=O) groups is 2. The summed E-state index contributed by atoms with van der Waals surface area (Å²) in [5, 5.41) is 23.9. The van der Waals surface area contributed by atoms with E-state index in [1.165, 1.54) is 0 Å². The molecule has 1 unspecified atom stereocenters. The number of benzene rings is 1. The molecule has 0 aliphatic heterocycles. The van der Waals surface area contributed by atoms with Crippen LogP contribution < -0.4 is 10.6 Å². The summed E-state index contributed by atoms with van der Waals surface area (Å²) >= 11 is 5.99. The van der Waals surface area contributed by atoms with E-state index in [0.29, 0.717) is 17.1 Å². The molecule has 0 spiro atoms. The minimum Gasteiger partial charge on any atom is -0.480 e. The van der Waals surface area contributed by atoms with Gasteiger partial charge in [0.15, 0.2) is 0 Å². The molecule has 0 fully saturated rings. The van der Waals surface area contributed by atoms with E-state index in [1.54, 1.807) is 24.3 Å². The summed E-state index contributed by atoms with van der Waals surface area (Å²) in [5.74, 6) is -1.53. The highest BCUT2D eigenvalue weighted by atomic mass is 35.5. The lowest BCUT2D eigenvalue weighted by atomic mass is 10.0. The number of nitrogens with one attached hydrogen (secondary N) is 2. The number of aryl methyl sites for hydroxylation is 1. The van der Waals surface area contributed by atoms with Gasteiger partial charge in [-0.2, -0.15) is 5.26 Å². The molecule has 0 saturated heterocycles. The smallest absolute Gasteiger partial charge is 0.326 e. The fourth-order valence-electron chi connectivity index (χ4n) is 1.91. The van der Waals surface area contributed by atoms with Gasteiger partial charge in [-0.15, -0.1) is 0 Å². The fourth-order valence-corrected chi connectivity index (χ4v) is 2.09. The van der Waals surface area contributed by atoms with Crippen molar-refractivity contribution in [1.29, 1.82) is 5.26 Å². The summed E-state index contributed by atoms with van der Waals surface area (Å²) < 4.78 is 0. The number of carboxylic acid groups (broad SMARTS) is 1. The first-order valence-electron chi connectivity index (χ1n) is 7.41. The van der Waals surface area contributed by atoms with Crippen LogP contribution in [0.4, 0.5) is 5.69 Å². The monoisotopic (exact) mass is 349 g/mol. The van der Waals surface area contributed by atoms with Crippen molar-refractivity contribution < 1.29 is 14.7 Å². The molecule has 0 aliphatic rings. The third-order valence-electron chi connectivity index (χ3n) is 3.23. The molecule has 0 aromatic heterocycles. The Balaban J connectivity index is 2.83. The van der Waals surface area contributed by atoms with Crippen LogP contribution >= 0.6 is 11.6 Å². The van der Waals surface area contributed by atoms with Gasteiger partial charge >= 0.3 is 5.97 Å². The molecule has 1 amide bonds. The number of anilines is 1. The summed E-state index contributed by atoms with van der Waals surface area (Å²) in [4.78, 5) is 23.3. The second kappa shape index (κ2) is 8.94. The molecule has 0 radical (unpaired) electrons. The number of rotatable bonds is 7. The van der Waals surface area contributed by atoms with Crippen molar-refractivity contribution in [2.75, 3.05) is 5.32 Å². The number of hydrogen-bond acceptors (Lipinski definition) is 4. The van der Waals surface area contributed by atoms with Crippen molar-refractivity contribution in [2.45, 2.75) is 33.2 Å². The number of carbonyl (C=O) groups excluding carboxylic acids is 1. The quantitative estimate of drug-likeness (QED) is 0.518. The van der Waals surface area contributed by atoms with E-state index in [4.69, 9.17) is 22.0 Å². The predicted molar refractivity (Wildman–Crippen MR) is 92.5 cm³/mol. The molecule has 1 aromatic rings. The van der Waals surface area contributed by atoms with Gasteiger partial charge in [0.2, 0.25) is 0 Å². The highest BCUT2D eigenvalue weighted by Crippen LogP contribution is 2.20. The van der Waals surface area contributed by atoms with Gasteiger partial charge < -0.3 is 15.7 Å². The first kappa shape index (κ1) is 19.5. The van der Waals surface area contributed by atoms with Crippen LogP contribution in [0, 0.1) is 24.2 Å². The first-order valence-corrected chi connectivity index (χ1v) is 7.79. The summed E-state index contributed by atoms with van der Waals surface area (Å²) in [7, 11) is 0. The Morgan fingerprint density at radius 3 is 2.58 bits per heavy atom. The maximum Gasteiger partial charge on any atom is 0.326 e. The van der Waals surface area contributed by atoms with Gasteiger partial charge in [0.05, 0.1) is 0 Å². The van der Waals surface area contributed by atoms with Crippen molar-refractivity contribution in [1.82, 2.24) is 5.32 Å². The Hall–Kier alpha value is -2.52. The molecule has 0 saturated carbocycles. The molecule has 7 heteroatoms. The minimum absolute atomic E-state index is 0.154. The second-order valence-electron chi connectivity index (χ2n) is 5.77. The van der Waals surface area contributed by atoms with Gasteiger partial charge in [0.25, 0.3) is 5.91 Å². The lowest BCUT2D eigenvalue weighted by Gasteiger charge is -2.15. The Morgan fingerprint density at radius 1 is 1.42 bits per heavy atom. The molecule has 0 aliphatic carbocycles. The molecule has 6 nitrogen and oxygen atoms in total. The van der Waals surface area contributed by atoms with Crippen molar-refractivity contribution in [3.63, 3.8) is 0 Å². The maximum absolute atomic E-state index is 12.1. The van der Waals surface area contributed by atoms with Crippen LogP contribution in [0.25, 0.3) is 0 Å². The second-order valence-corrected chi connectivity index (χ2v) is 6.18. The standard InChI is InChI=1S/C17H20ClN3O3/c1-10(2)6-15(17(23)24)20-9-12(8-19)16(22)21-13-5-4-11(3)14(18)7-13/h4-5,7,9-10,15,20H,6H2,1-3H3,(H,21,22)(H,23,24)/b12-9-. The Labute approximate surface area is 146 Å². The fraction of sp³-hybridized carbons (Fsp3) is 0.353. The topological polar surface area (TPSA) is 102 Å². The first-order chi connectivity index (χ1) is 11.2. The normalized spacial score (nSPS) is 12.4. The lowest BCUT2D eigenvalue weighted by molar-refractivity contribution is -0.139. The molecule has 0 heterocycles. The zero-order chi connectivity index (χ0) is 18.3. The van der Waals surface area contributed by atoms with E-state index in [-0.39, 0.29) is 11.5 Å². The van der Waals surface area contributed by atoms with Gasteiger partial charge in [-0.05, 0) is 37.0 Å². The number of nitriles is 1. The number of carboxylic acids is 1. The van der Waals surface area contributed by atoms with Gasteiger partial charge in [-0.25, -0.2) is 4.79 Å². The van der Waals surface area contributed by atoms with Crippen LogP contribution in [0.15, 0.2) is 30.0 Å².